The number of sulfonamides is 1. The van der Waals surface area contributed by atoms with Crippen LogP contribution in [0.3, 0.4) is 0 Å². The molecular formula is C22H32N4O4S. The summed E-state index contributed by atoms with van der Waals surface area (Å²) in [7, 11) is -2.30. The summed E-state index contributed by atoms with van der Waals surface area (Å²) in [6.45, 7) is 8.29. The van der Waals surface area contributed by atoms with E-state index in [4.69, 9.17) is 4.74 Å². The Morgan fingerprint density at radius 2 is 1.97 bits per heavy atom. The molecule has 0 bridgehead atoms. The Hall–Kier alpha value is -2.39. The summed E-state index contributed by atoms with van der Waals surface area (Å²) < 4.78 is 35.6. The van der Waals surface area contributed by atoms with E-state index in [1.165, 1.54) is 4.31 Å². The lowest BCUT2D eigenvalue weighted by molar-refractivity contribution is -0.120. The number of nitrogens with one attached hydrogen (secondary N) is 1. The van der Waals surface area contributed by atoms with Gasteiger partial charge in [-0.3, -0.25) is 13.8 Å². The number of carbonyl (C=O) groups is 1. The van der Waals surface area contributed by atoms with Gasteiger partial charge in [0.25, 0.3) is 10.0 Å². The quantitative estimate of drug-likeness (QED) is 0.670. The minimum atomic E-state index is -4.00. The van der Waals surface area contributed by atoms with Crippen LogP contribution in [0, 0.1) is 13.8 Å². The van der Waals surface area contributed by atoms with Crippen molar-refractivity contribution in [3.63, 3.8) is 0 Å². The maximum atomic E-state index is 13.7. The Morgan fingerprint density at radius 1 is 1.29 bits per heavy atom. The second-order valence-corrected chi connectivity index (χ2v) is 10.1. The fraction of sp³-hybridized carbons (Fsp3) is 0.545. The molecule has 0 spiro atoms. The summed E-state index contributed by atoms with van der Waals surface area (Å²) in [5.41, 5.74) is 2.47. The molecule has 1 aliphatic heterocycles. The number of nitrogens with zero attached hydrogens (tertiary/aromatic N) is 3. The van der Waals surface area contributed by atoms with Crippen LogP contribution in [0.4, 0.5) is 5.69 Å². The molecule has 1 N–H and O–H groups in total. The van der Waals surface area contributed by atoms with Crippen LogP contribution in [0.25, 0.3) is 0 Å². The first kappa shape index (κ1) is 23.3. The van der Waals surface area contributed by atoms with E-state index in [0.717, 1.165) is 18.4 Å². The predicted octanol–water partition coefficient (Wildman–Crippen LogP) is 2.65. The van der Waals surface area contributed by atoms with Gasteiger partial charge in [-0.2, -0.15) is 5.10 Å². The third kappa shape index (κ3) is 5.10. The van der Waals surface area contributed by atoms with E-state index < -0.39 is 10.0 Å². The molecule has 1 atom stereocenters. The SMILES string of the molecule is Cc1nn(C)c(C)c1S(=O)(=O)N(CC(=O)NC[C@@H]1CCCO1)c1ccc(C(C)C)cc1. The highest BCUT2D eigenvalue weighted by molar-refractivity contribution is 7.93. The van der Waals surface area contributed by atoms with Gasteiger partial charge in [0, 0.05) is 20.2 Å². The molecule has 0 aliphatic carbocycles. The van der Waals surface area contributed by atoms with Crippen LogP contribution in [0.1, 0.15) is 49.6 Å². The lowest BCUT2D eigenvalue weighted by Crippen LogP contribution is -2.43. The predicted molar refractivity (Wildman–Crippen MR) is 120 cm³/mol. The van der Waals surface area contributed by atoms with Crippen molar-refractivity contribution in [2.45, 2.75) is 57.5 Å². The molecule has 1 amide bonds. The minimum Gasteiger partial charge on any atom is -0.376 e. The summed E-state index contributed by atoms with van der Waals surface area (Å²) >= 11 is 0. The zero-order valence-corrected chi connectivity index (χ0v) is 19.7. The molecule has 0 unspecified atom stereocenters. The topological polar surface area (TPSA) is 93.5 Å². The van der Waals surface area contributed by atoms with Crippen LogP contribution in [0.15, 0.2) is 29.2 Å². The highest BCUT2D eigenvalue weighted by Gasteiger charge is 2.32. The lowest BCUT2D eigenvalue weighted by atomic mass is 10.0. The minimum absolute atomic E-state index is 0.0119. The standard InChI is InChI=1S/C22H32N4O4S/c1-15(2)18-8-10-19(11-9-18)26(14-21(27)23-13-20-7-6-12-30-20)31(28,29)22-16(3)24-25(5)17(22)4/h8-11,15,20H,6-7,12-14H2,1-5H3,(H,23,27)/t20-/m0/s1. The van der Waals surface area contributed by atoms with Gasteiger partial charge in [-0.1, -0.05) is 26.0 Å². The largest absolute Gasteiger partial charge is 0.376 e. The summed E-state index contributed by atoms with van der Waals surface area (Å²) in [6, 6.07) is 7.30. The first-order valence-electron chi connectivity index (χ1n) is 10.6. The number of rotatable bonds is 8. The summed E-state index contributed by atoms with van der Waals surface area (Å²) in [4.78, 5) is 12.9. The van der Waals surface area contributed by atoms with Gasteiger partial charge in [-0.25, -0.2) is 8.42 Å². The van der Waals surface area contributed by atoms with Crippen LogP contribution in [0.5, 0.6) is 0 Å². The Labute approximate surface area is 184 Å². The Balaban J connectivity index is 1.92. The average molecular weight is 449 g/mol. The molecule has 170 valence electrons. The molecule has 9 heteroatoms. The molecule has 3 rings (SSSR count). The molecule has 1 saturated heterocycles. The van der Waals surface area contributed by atoms with Crippen molar-refractivity contribution in [2.75, 3.05) is 24.0 Å². The fourth-order valence-corrected chi connectivity index (χ4v) is 5.62. The highest BCUT2D eigenvalue weighted by atomic mass is 32.2. The van der Waals surface area contributed by atoms with Crippen LogP contribution in [-0.2, 0) is 26.6 Å². The Morgan fingerprint density at radius 3 is 2.48 bits per heavy atom. The van der Waals surface area contributed by atoms with Gasteiger partial charge in [0.05, 0.1) is 23.2 Å². The van der Waals surface area contributed by atoms with Crippen molar-refractivity contribution in [1.82, 2.24) is 15.1 Å². The van der Waals surface area contributed by atoms with Gasteiger partial charge < -0.3 is 10.1 Å². The number of anilines is 1. The van der Waals surface area contributed by atoms with E-state index in [2.05, 4.69) is 24.3 Å². The van der Waals surface area contributed by atoms with Gasteiger partial charge in [-0.15, -0.1) is 0 Å². The van der Waals surface area contributed by atoms with Crippen LogP contribution >= 0.6 is 0 Å². The zero-order chi connectivity index (χ0) is 22.8. The molecule has 2 aromatic rings. The van der Waals surface area contributed by atoms with Gasteiger partial charge in [0.2, 0.25) is 5.91 Å². The number of ether oxygens (including phenoxy) is 1. The van der Waals surface area contributed by atoms with Crippen LogP contribution in [0.2, 0.25) is 0 Å². The highest BCUT2D eigenvalue weighted by Crippen LogP contribution is 2.29. The number of amides is 1. The van der Waals surface area contributed by atoms with Gasteiger partial charge >= 0.3 is 0 Å². The van der Waals surface area contributed by atoms with E-state index in [0.29, 0.717) is 36.1 Å². The average Bonchev–Trinajstić information content (AvgIpc) is 3.32. The number of hydrogen-bond acceptors (Lipinski definition) is 5. The maximum Gasteiger partial charge on any atom is 0.268 e. The number of hydrogen-bond donors (Lipinski definition) is 1. The number of aryl methyl sites for hydroxylation is 2. The van der Waals surface area contributed by atoms with E-state index in [-0.39, 0.29) is 23.5 Å². The molecule has 1 aromatic carbocycles. The smallest absolute Gasteiger partial charge is 0.268 e. The van der Waals surface area contributed by atoms with Crippen molar-refractivity contribution in [3.8, 4) is 0 Å². The van der Waals surface area contributed by atoms with Crippen molar-refractivity contribution in [2.24, 2.45) is 7.05 Å². The normalized spacial score (nSPS) is 16.6. The summed E-state index contributed by atoms with van der Waals surface area (Å²) in [6.07, 6.45) is 1.86. The van der Waals surface area contributed by atoms with Crippen molar-refractivity contribution >= 4 is 21.6 Å². The lowest BCUT2D eigenvalue weighted by Gasteiger charge is -2.25. The Bertz CT molecular complexity index is 1020. The third-order valence-corrected chi connectivity index (χ3v) is 7.70. The third-order valence-electron chi connectivity index (χ3n) is 5.68. The maximum absolute atomic E-state index is 13.7. The van der Waals surface area contributed by atoms with Crippen molar-refractivity contribution in [1.29, 1.82) is 0 Å². The number of carbonyl (C=O) groups excluding carboxylic acids is 1. The molecule has 1 aliphatic rings. The molecule has 1 fully saturated rings. The summed E-state index contributed by atoms with van der Waals surface area (Å²) in [5.74, 6) is -0.0529. The van der Waals surface area contributed by atoms with Gasteiger partial charge in [-0.05, 0) is 50.3 Å². The van der Waals surface area contributed by atoms with Crippen LogP contribution < -0.4 is 9.62 Å². The number of aromatic nitrogens is 2. The summed E-state index contributed by atoms with van der Waals surface area (Å²) in [5, 5.41) is 7.07. The monoisotopic (exact) mass is 448 g/mol. The van der Waals surface area contributed by atoms with Crippen LogP contribution in [-0.4, -0.2) is 49.9 Å². The first-order chi connectivity index (χ1) is 14.6. The molecule has 0 radical (unpaired) electrons. The fourth-order valence-electron chi connectivity index (χ4n) is 3.80. The van der Waals surface area contributed by atoms with Gasteiger partial charge in [0.15, 0.2) is 0 Å². The molecule has 2 heterocycles. The van der Waals surface area contributed by atoms with E-state index >= 15 is 0 Å². The van der Waals surface area contributed by atoms with E-state index in [1.54, 1.807) is 37.7 Å². The molecule has 1 aromatic heterocycles. The molecule has 8 nitrogen and oxygen atoms in total. The Kier molecular flexibility index (Phi) is 7.06. The second kappa shape index (κ2) is 9.40. The van der Waals surface area contributed by atoms with Gasteiger partial charge in [0.1, 0.15) is 11.4 Å². The van der Waals surface area contributed by atoms with Crippen molar-refractivity contribution in [3.05, 3.63) is 41.2 Å². The number of benzene rings is 1. The second-order valence-electron chi connectivity index (χ2n) is 8.32. The molecular weight excluding hydrogens is 416 g/mol. The first-order valence-corrected chi connectivity index (χ1v) is 12.1. The van der Waals surface area contributed by atoms with E-state index in [1.807, 2.05) is 12.1 Å². The van der Waals surface area contributed by atoms with Crippen molar-refractivity contribution < 1.29 is 17.9 Å². The molecule has 0 saturated carbocycles. The van der Waals surface area contributed by atoms with E-state index in [9.17, 15) is 13.2 Å². The zero-order valence-electron chi connectivity index (χ0n) is 18.9. The molecule has 31 heavy (non-hydrogen) atoms.